The maximum Gasteiger partial charge on any atom is 0.259 e. The molecule has 0 unspecified atom stereocenters. The molecule has 1 heterocycles. The van der Waals surface area contributed by atoms with E-state index in [1.807, 2.05) is 37.3 Å². The van der Waals surface area contributed by atoms with E-state index in [0.29, 0.717) is 17.7 Å². The summed E-state index contributed by atoms with van der Waals surface area (Å²) in [6, 6.07) is 13.8. The van der Waals surface area contributed by atoms with Crippen molar-refractivity contribution in [3.05, 3.63) is 71.8 Å². The second kappa shape index (κ2) is 9.77. The molecule has 1 aromatic heterocycles. The molecule has 4 rings (SSSR count). The minimum Gasteiger partial charge on any atom is -0.323 e. The maximum absolute atomic E-state index is 14.3. The van der Waals surface area contributed by atoms with Crippen LogP contribution in [0.5, 0.6) is 0 Å². The summed E-state index contributed by atoms with van der Waals surface area (Å²) in [7, 11) is 0. The van der Waals surface area contributed by atoms with Crippen LogP contribution in [0, 0.1) is 11.7 Å². The lowest BCUT2D eigenvalue weighted by atomic mass is 9.88. The highest BCUT2D eigenvalue weighted by molar-refractivity contribution is 6.05. The molecule has 1 aliphatic rings. The molecule has 0 aliphatic heterocycles. The van der Waals surface area contributed by atoms with Crippen LogP contribution >= 0.6 is 0 Å². The summed E-state index contributed by atoms with van der Waals surface area (Å²) in [4.78, 5) is 25.5. The van der Waals surface area contributed by atoms with E-state index < -0.39 is 5.82 Å². The van der Waals surface area contributed by atoms with Gasteiger partial charge in [0, 0.05) is 11.6 Å². The summed E-state index contributed by atoms with van der Waals surface area (Å²) >= 11 is 0. The van der Waals surface area contributed by atoms with Crippen LogP contribution in [0.2, 0.25) is 0 Å². The Balaban J connectivity index is 1.51. The smallest absolute Gasteiger partial charge is 0.259 e. The molecule has 7 heteroatoms. The molecule has 1 aliphatic carbocycles. The fraction of sp³-hybridized carbons (Fsp3) is 0.320. The van der Waals surface area contributed by atoms with Crippen LogP contribution in [-0.4, -0.2) is 21.6 Å². The van der Waals surface area contributed by atoms with E-state index >= 15 is 0 Å². The quantitative estimate of drug-likeness (QED) is 0.549. The van der Waals surface area contributed by atoms with Crippen LogP contribution in [-0.2, 0) is 11.2 Å². The zero-order chi connectivity index (χ0) is 22.5. The molecule has 0 spiro atoms. The molecule has 1 saturated carbocycles. The number of carbonyl (C=O) groups excluding carboxylic acids is 2. The average Bonchev–Trinajstić information content (AvgIpc) is 3.26. The van der Waals surface area contributed by atoms with Gasteiger partial charge in [0.05, 0.1) is 28.8 Å². The molecule has 0 radical (unpaired) electrons. The van der Waals surface area contributed by atoms with E-state index in [4.69, 9.17) is 0 Å². The van der Waals surface area contributed by atoms with Crippen molar-refractivity contribution in [2.24, 2.45) is 5.92 Å². The number of aromatic nitrogens is 2. The Bertz CT molecular complexity index is 1100. The number of carbonyl (C=O) groups is 2. The van der Waals surface area contributed by atoms with Gasteiger partial charge in [0.15, 0.2) is 0 Å². The van der Waals surface area contributed by atoms with Crippen LogP contribution in [0.1, 0.15) is 55.1 Å². The first-order chi connectivity index (χ1) is 15.6. The van der Waals surface area contributed by atoms with Gasteiger partial charge in [0.1, 0.15) is 5.82 Å². The van der Waals surface area contributed by atoms with Gasteiger partial charge < -0.3 is 10.6 Å². The molecule has 2 N–H and O–H groups in total. The van der Waals surface area contributed by atoms with E-state index in [1.54, 1.807) is 4.68 Å². The van der Waals surface area contributed by atoms with Crippen molar-refractivity contribution in [2.45, 2.75) is 45.4 Å². The van der Waals surface area contributed by atoms with E-state index in [9.17, 15) is 14.0 Å². The first-order valence-corrected chi connectivity index (χ1v) is 11.1. The minimum atomic E-state index is -0.529. The number of para-hydroxylation sites is 1. The third-order valence-corrected chi connectivity index (χ3v) is 5.91. The first kappa shape index (κ1) is 21.7. The summed E-state index contributed by atoms with van der Waals surface area (Å²) in [6.07, 6.45) is 6.99. The van der Waals surface area contributed by atoms with Crippen molar-refractivity contribution in [1.29, 1.82) is 0 Å². The molecule has 3 aromatic rings. The molecule has 6 nitrogen and oxygen atoms in total. The molecule has 0 atom stereocenters. The third-order valence-electron chi connectivity index (χ3n) is 5.91. The van der Waals surface area contributed by atoms with Crippen LogP contribution in [0.4, 0.5) is 15.8 Å². The monoisotopic (exact) mass is 434 g/mol. The summed E-state index contributed by atoms with van der Waals surface area (Å²) in [6.45, 7) is 1.96. The van der Waals surface area contributed by atoms with Gasteiger partial charge in [-0.05, 0) is 49.6 Å². The molecule has 0 saturated heterocycles. The van der Waals surface area contributed by atoms with Crippen LogP contribution in [0.3, 0.4) is 0 Å². The van der Waals surface area contributed by atoms with E-state index in [1.165, 1.54) is 24.4 Å². The number of hydrogen-bond donors (Lipinski definition) is 2. The topological polar surface area (TPSA) is 76.0 Å². The van der Waals surface area contributed by atoms with Gasteiger partial charge >= 0.3 is 0 Å². The van der Waals surface area contributed by atoms with Gasteiger partial charge in [0.2, 0.25) is 5.91 Å². The van der Waals surface area contributed by atoms with Crippen LogP contribution in [0.15, 0.2) is 54.7 Å². The number of nitrogens with zero attached hydrogens (tertiary/aromatic N) is 2. The molecule has 2 aromatic carbocycles. The van der Waals surface area contributed by atoms with Crippen molar-refractivity contribution in [3.8, 4) is 5.69 Å². The van der Waals surface area contributed by atoms with E-state index in [2.05, 4.69) is 15.7 Å². The van der Waals surface area contributed by atoms with E-state index in [-0.39, 0.29) is 23.4 Å². The minimum absolute atomic E-state index is 0.0778. The number of amides is 2. The van der Waals surface area contributed by atoms with Crippen molar-refractivity contribution >= 4 is 23.2 Å². The van der Waals surface area contributed by atoms with Crippen molar-refractivity contribution in [1.82, 2.24) is 9.78 Å². The third kappa shape index (κ3) is 4.72. The Labute approximate surface area is 186 Å². The summed E-state index contributed by atoms with van der Waals surface area (Å²) < 4.78 is 16.1. The summed E-state index contributed by atoms with van der Waals surface area (Å²) in [5, 5.41) is 9.89. The number of benzene rings is 2. The van der Waals surface area contributed by atoms with Crippen molar-refractivity contribution < 1.29 is 14.0 Å². The first-order valence-electron chi connectivity index (χ1n) is 11.1. The molecular weight excluding hydrogens is 407 g/mol. The van der Waals surface area contributed by atoms with Gasteiger partial charge in [0.25, 0.3) is 5.91 Å². The van der Waals surface area contributed by atoms with Gasteiger partial charge in [-0.15, -0.1) is 0 Å². The number of nitrogens with one attached hydrogen (secondary N) is 2. The Hall–Kier alpha value is -3.48. The Kier molecular flexibility index (Phi) is 6.63. The normalized spacial score (nSPS) is 14.2. The van der Waals surface area contributed by atoms with Crippen molar-refractivity contribution in [2.75, 3.05) is 10.6 Å². The highest BCUT2D eigenvalue weighted by atomic mass is 19.1. The standard InChI is InChI=1S/C25H27FN4O2/c1-2-23-20(16-27-30(23)19-11-7-4-8-12-19)25(32)28-18-13-14-21(26)22(15-18)29-24(31)17-9-5-3-6-10-17/h4,7-8,11-17H,2-3,5-6,9-10H2,1H3,(H,28,32)(H,29,31). The summed E-state index contributed by atoms with van der Waals surface area (Å²) in [5.74, 6) is -1.11. The van der Waals surface area contributed by atoms with Crippen molar-refractivity contribution in [3.63, 3.8) is 0 Å². The number of halogens is 1. The molecule has 2 amide bonds. The SMILES string of the molecule is CCc1c(C(=O)Nc2ccc(F)c(NC(=O)C3CCCCC3)c2)cnn1-c1ccccc1. The van der Waals surface area contributed by atoms with Gasteiger partial charge in [-0.2, -0.15) is 5.10 Å². The lowest BCUT2D eigenvalue weighted by Crippen LogP contribution is -2.25. The highest BCUT2D eigenvalue weighted by Crippen LogP contribution is 2.27. The number of anilines is 2. The summed E-state index contributed by atoms with van der Waals surface area (Å²) in [5.41, 5.74) is 2.59. The average molecular weight is 435 g/mol. The number of rotatable bonds is 6. The maximum atomic E-state index is 14.3. The van der Waals surface area contributed by atoms with Crippen LogP contribution in [0.25, 0.3) is 5.69 Å². The lowest BCUT2D eigenvalue weighted by molar-refractivity contribution is -0.120. The lowest BCUT2D eigenvalue weighted by Gasteiger charge is -2.21. The zero-order valence-corrected chi connectivity index (χ0v) is 18.1. The number of hydrogen-bond acceptors (Lipinski definition) is 3. The molecule has 32 heavy (non-hydrogen) atoms. The Morgan fingerprint density at radius 1 is 1.06 bits per heavy atom. The van der Waals surface area contributed by atoms with Crippen LogP contribution < -0.4 is 10.6 Å². The predicted molar refractivity (Wildman–Crippen MR) is 122 cm³/mol. The van der Waals surface area contributed by atoms with Gasteiger partial charge in [-0.3, -0.25) is 9.59 Å². The Morgan fingerprint density at radius 2 is 1.81 bits per heavy atom. The van der Waals surface area contributed by atoms with E-state index in [0.717, 1.165) is 43.5 Å². The second-order valence-corrected chi connectivity index (χ2v) is 8.08. The Morgan fingerprint density at radius 3 is 2.53 bits per heavy atom. The fourth-order valence-corrected chi connectivity index (χ4v) is 4.19. The second-order valence-electron chi connectivity index (χ2n) is 8.08. The molecule has 0 bridgehead atoms. The largest absolute Gasteiger partial charge is 0.323 e. The fourth-order valence-electron chi connectivity index (χ4n) is 4.19. The molecular formula is C25H27FN4O2. The highest BCUT2D eigenvalue weighted by Gasteiger charge is 2.22. The predicted octanol–water partition coefficient (Wildman–Crippen LogP) is 5.34. The van der Waals surface area contributed by atoms with Gasteiger partial charge in [-0.1, -0.05) is 44.4 Å². The molecule has 1 fully saturated rings. The van der Waals surface area contributed by atoms with Gasteiger partial charge in [-0.25, -0.2) is 9.07 Å². The molecule has 166 valence electrons. The zero-order valence-electron chi connectivity index (χ0n) is 18.1.